The Morgan fingerprint density at radius 3 is 2.67 bits per heavy atom. The van der Waals surface area contributed by atoms with Crippen LogP contribution >= 0.6 is 0 Å². The predicted molar refractivity (Wildman–Crippen MR) is 79.0 cm³/mol. The van der Waals surface area contributed by atoms with E-state index in [1.54, 1.807) is 18.3 Å². The molecule has 116 valence electrons. The quantitative estimate of drug-likeness (QED) is 0.777. The van der Waals surface area contributed by atoms with E-state index in [1.165, 1.54) is 0 Å². The topological polar surface area (TPSA) is 83.2 Å². The second-order valence-electron chi connectivity index (χ2n) is 6.38. The molecule has 2 amide bonds. The number of amides is 2. The molecule has 6 nitrogen and oxygen atoms in total. The third-order valence-corrected chi connectivity index (χ3v) is 3.22. The normalized spacial score (nSPS) is 16.1. The van der Waals surface area contributed by atoms with E-state index in [-0.39, 0.29) is 11.9 Å². The molecule has 6 heteroatoms. The number of carbonyl (C=O) groups excluding carboxylic acids is 2. The monoisotopic (exact) mass is 293 g/mol. The molecular weight excluding hydrogens is 270 g/mol. The highest BCUT2D eigenvalue weighted by Crippen LogP contribution is 2.32. The molecule has 2 rings (SSSR count). The number of alkyl carbamates (subject to hydrolysis) is 1. The van der Waals surface area contributed by atoms with E-state index in [4.69, 9.17) is 4.74 Å². The summed E-state index contributed by atoms with van der Waals surface area (Å²) in [5, 5.41) is 5.68. The predicted octanol–water partition coefficient (Wildman–Crippen LogP) is 2.05. The number of ether oxygens (including phenoxy) is 1. The van der Waals surface area contributed by atoms with Crippen molar-refractivity contribution < 1.29 is 14.3 Å². The lowest BCUT2D eigenvalue weighted by atomic mass is 10.1. The zero-order valence-corrected chi connectivity index (χ0v) is 12.7. The lowest BCUT2D eigenvalue weighted by molar-refractivity contribution is 0.0518. The van der Waals surface area contributed by atoms with Gasteiger partial charge in [0.15, 0.2) is 0 Å². The molecule has 0 spiro atoms. The molecular formula is C15H23N3O3. The summed E-state index contributed by atoms with van der Waals surface area (Å²) in [5.41, 5.74) is 0.00468. The van der Waals surface area contributed by atoms with Crippen LogP contribution in [0.2, 0.25) is 0 Å². The number of hydrogen-bond acceptors (Lipinski definition) is 3. The van der Waals surface area contributed by atoms with Crippen LogP contribution in [-0.4, -0.2) is 35.2 Å². The van der Waals surface area contributed by atoms with Crippen molar-refractivity contribution in [3.63, 3.8) is 0 Å². The van der Waals surface area contributed by atoms with Gasteiger partial charge in [-0.25, -0.2) is 4.79 Å². The van der Waals surface area contributed by atoms with Gasteiger partial charge < -0.3 is 20.4 Å². The highest BCUT2D eigenvalue weighted by molar-refractivity contribution is 5.92. The summed E-state index contributed by atoms with van der Waals surface area (Å²) in [5.74, 6) is 0.279. The molecule has 1 aliphatic carbocycles. The van der Waals surface area contributed by atoms with Gasteiger partial charge in [-0.3, -0.25) is 4.79 Å². The molecule has 21 heavy (non-hydrogen) atoms. The number of aromatic nitrogens is 1. The van der Waals surface area contributed by atoms with E-state index in [2.05, 4.69) is 15.6 Å². The van der Waals surface area contributed by atoms with Crippen LogP contribution in [0.25, 0.3) is 0 Å². The Labute approximate surface area is 124 Å². The second kappa shape index (κ2) is 6.20. The Balaban J connectivity index is 1.83. The van der Waals surface area contributed by atoms with Gasteiger partial charge in [-0.2, -0.15) is 0 Å². The summed E-state index contributed by atoms with van der Waals surface area (Å²) < 4.78 is 5.20. The lowest BCUT2D eigenvalue weighted by Crippen LogP contribution is -2.46. The van der Waals surface area contributed by atoms with Crippen molar-refractivity contribution in [3.05, 3.63) is 24.0 Å². The molecule has 1 aromatic rings. The summed E-state index contributed by atoms with van der Waals surface area (Å²) in [6, 6.07) is 3.44. The van der Waals surface area contributed by atoms with E-state index in [1.807, 2.05) is 20.8 Å². The molecule has 0 bridgehead atoms. The number of aromatic amines is 1. The van der Waals surface area contributed by atoms with Crippen LogP contribution in [-0.2, 0) is 4.74 Å². The van der Waals surface area contributed by atoms with E-state index in [9.17, 15) is 9.59 Å². The van der Waals surface area contributed by atoms with Gasteiger partial charge in [0.1, 0.15) is 11.3 Å². The molecule has 0 aliphatic heterocycles. The average Bonchev–Trinajstić information content (AvgIpc) is 3.06. The highest BCUT2D eigenvalue weighted by Gasteiger charge is 2.33. The Hall–Kier alpha value is -1.98. The smallest absolute Gasteiger partial charge is 0.407 e. The fraction of sp³-hybridized carbons (Fsp3) is 0.600. The summed E-state index contributed by atoms with van der Waals surface area (Å²) in [7, 11) is 0. The average molecular weight is 293 g/mol. The van der Waals surface area contributed by atoms with Crippen molar-refractivity contribution in [2.45, 2.75) is 45.3 Å². The Morgan fingerprint density at radius 1 is 1.43 bits per heavy atom. The summed E-state index contributed by atoms with van der Waals surface area (Å²) in [4.78, 5) is 26.6. The molecule has 1 heterocycles. The second-order valence-corrected chi connectivity index (χ2v) is 6.38. The van der Waals surface area contributed by atoms with Crippen molar-refractivity contribution in [1.82, 2.24) is 15.6 Å². The van der Waals surface area contributed by atoms with Crippen LogP contribution in [0.15, 0.2) is 18.3 Å². The minimum atomic E-state index is -0.521. The standard InChI is InChI=1S/C15H23N3O3/c1-15(2,3)21-14(20)17-9-12(10-6-7-10)18-13(19)11-5-4-8-16-11/h4-5,8,10,12,16H,6-7,9H2,1-3H3,(H,17,20)(H,18,19)/t12-/m0/s1. The molecule has 0 saturated heterocycles. The van der Waals surface area contributed by atoms with E-state index in [0.29, 0.717) is 18.2 Å². The number of carbonyl (C=O) groups is 2. The molecule has 1 aromatic heterocycles. The highest BCUT2D eigenvalue weighted by atomic mass is 16.6. The summed E-state index contributed by atoms with van der Waals surface area (Å²) in [6.07, 6.45) is 3.40. The van der Waals surface area contributed by atoms with Gasteiger partial charge in [0.2, 0.25) is 0 Å². The van der Waals surface area contributed by atoms with Gasteiger partial charge in [0.25, 0.3) is 5.91 Å². The zero-order valence-electron chi connectivity index (χ0n) is 12.7. The van der Waals surface area contributed by atoms with Crippen molar-refractivity contribution in [2.75, 3.05) is 6.54 Å². The summed E-state index contributed by atoms with van der Waals surface area (Å²) >= 11 is 0. The molecule has 1 saturated carbocycles. The van der Waals surface area contributed by atoms with Crippen LogP contribution in [0, 0.1) is 5.92 Å². The largest absolute Gasteiger partial charge is 0.444 e. The van der Waals surface area contributed by atoms with Gasteiger partial charge in [0.05, 0.1) is 0 Å². The van der Waals surface area contributed by atoms with Crippen LogP contribution < -0.4 is 10.6 Å². The van der Waals surface area contributed by atoms with Crippen molar-refractivity contribution in [3.8, 4) is 0 Å². The van der Waals surface area contributed by atoms with E-state index < -0.39 is 11.7 Å². The zero-order chi connectivity index (χ0) is 15.5. The number of H-pyrrole nitrogens is 1. The van der Waals surface area contributed by atoms with Crippen molar-refractivity contribution in [1.29, 1.82) is 0 Å². The lowest BCUT2D eigenvalue weighted by Gasteiger charge is -2.22. The molecule has 1 atom stereocenters. The van der Waals surface area contributed by atoms with Gasteiger partial charge in [-0.05, 0) is 51.7 Å². The van der Waals surface area contributed by atoms with Gasteiger partial charge in [-0.1, -0.05) is 0 Å². The van der Waals surface area contributed by atoms with Crippen LogP contribution in [0.4, 0.5) is 4.79 Å². The first-order chi connectivity index (χ1) is 9.85. The number of rotatable bonds is 5. The van der Waals surface area contributed by atoms with Crippen molar-refractivity contribution in [2.24, 2.45) is 5.92 Å². The third-order valence-electron chi connectivity index (χ3n) is 3.22. The molecule has 1 aliphatic rings. The minimum Gasteiger partial charge on any atom is -0.444 e. The van der Waals surface area contributed by atoms with Gasteiger partial charge in [-0.15, -0.1) is 0 Å². The fourth-order valence-electron chi connectivity index (χ4n) is 2.06. The maximum absolute atomic E-state index is 12.0. The summed E-state index contributed by atoms with van der Waals surface area (Å²) in [6.45, 7) is 5.83. The SMILES string of the molecule is CC(C)(C)OC(=O)NC[C@H](NC(=O)c1ccc[nH]1)C1CC1. The van der Waals surface area contributed by atoms with Crippen LogP contribution in [0.3, 0.4) is 0 Å². The maximum Gasteiger partial charge on any atom is 0.407 e. The molecule has 0 aromatic carbocycles. The Kier molecular flexibility index (Phi) is 4.55. The molecule has 1 fully saturated rings. The number of nitrogens with one attached hydrogen (secondary N) is 3. The Morgan fingerprint density at radius 2 is 2.14 bits per heavy atom. The Bertz CT molecular complexity index is 487. The van der Waals surface area contributed by atoms with Gasteiger partial charge >= 0.3 is 6.09 Å². The fourth-order valence-corrected chi connectivity index (χ4v) is 2.06. The van der Waals surface area contributed by atoms with Crippen molar-refractivity contribution >= 4 is 12.0 Å². The first-order valence-electron chi connectivity index (χ1n) is 7.26. The van der Waals surface area contributed by atoms with Crippen LogP contribution in [0.5, 0.6) is 0 Å². The van der Waals surface area contributed by atoms with Gasteiger partial charge in [0, 0.05) is 18.8 Å². The van der Waals surface area contributed by atoms with E-state index >= 15 is 0 Å². The maximum atomic E-state index is 12.0. The molecule has 0 radical (unpaired) electrons. The number of hydrogen-bond donors (Lipinski definition) is 3. The third kappa shape index (κ3) is 5.13. The minimum absolute atomic E-state index is 0.0617. The van der Waals surface area contributed by atoms with Crippen LogP contribution in [0.1, 0.15) is 44.1 Å². The first-order valence-corrected chi connectivity index (χ1v) is 7.26. The first kappa shape index (κ1) is 15.4. The molecule has 0 unspecified atom stereocenters. The molecule has 3 N–H and O–H groups in total. The van der Waals surface area contributed by atoms with E-state index in [0.717, 1.165) is 12.8 Å².